The van der Waals surface area contributed by atoms with E-state index in [1.54, 1.807) is 5.06 Å². The molecule has 6 heteroatoms. The third-order valence-corrected chi connectivity index (χ3v) is 7.41. The maximum Gasteiger partial charge on any atom is 0.528 e. The van der Waals surface area contributed by atoms with Crippen LogP contribution in [0, 0.1) is 0 Å². The number of hydrogen-bond acceptors (Lipinski definition) is 6. The van der Waals surface area contributed by atoms with E-state index in [1.165, 1.54) is 16.3 Å². The average Bonchev–Trinajstić information content (AvgIpc) is 2.96. The molecule has 1 fully saturated rings. The van der Waals surface area contributed by atoms with Crippen LogP contribution in [0.5, 0.6) is 0 Å². The standard InChI is InChI=1S/C35H40N2O4/c1-35(2,3)40-34(38)41-37-21-20-32(30-18-19-31(36-23-30)15-9-12-26-10-5-4-6-11-26)33(24-37)39-25-27-16-17-28-13-7-8-14-29(28)22-27/h4-8,10-11,13-14,16-19,22-23,32-33H,9,12,15,20-21,24-25H2,1-3H3. The predicted octanol–water partition coefficient (Wildman–Crippen LogP) is 7.65. The van der Waals surface area contributed by atoms with Crippen LogP contribution in [0.15, 0.2) is 91.1 Å². The van der Waals surface area contributed by atoms with Crippen molar-refractivity contribution in [1.82, 2.24) is 10.0 Å². The van der Waals surface area contributed by atoms with Gasteiger partial charge in [-0.2, -0.15) is 0 Å². The lowest BCUT2D eigenvalue weighted by molar-refractivity contribution is -0.179. The zero-order valence-corrected chi connectivity index (χ0v) is 24.3. The lowest BCUT2D eigenvalue weighted by Gasteiger charge is -2.37. The summed E-state index contributed by atoms with van der Waals surface area (Å²) in [6.45, 7) is 7.00. The molecule has 0 bridgehead atoms. The Hall–Kier alpha value is -3.74. The first kappa shape index (κ1) is 28.8. The van der Waals surface area contributed by atoms with Gasteiger partial charge in [0.05, 0.1) is 19.3 Å². The summed E-state index contributed by atoms with van der Waals surface area (Å²) >= 11 is 0. The Kier molecular flexibility index (Phi) is 9.32. The molecule has 0 aliphatic carbocycles. The van der Waals surface area contributed by atoms with Crippen LogP contribution in [-0.4, -0.2) is 41.0 Å². The quantitative estimate of drug-likeness (QED) is 0.199. The van der Waals surface area contributed by atoms with E-state index in [9.17, 15) is 4.79 Å². The first-order chi connectivity index (χ1) is 19.8. The number of aryl methyl sites for hydroxylation is 2. The van der Waals surface area contributed by atoms with Gasteiger partial charge in [-0.05, 0) is 86.1 Å². The summed E-state index contributed by atoms with van der Waals surface area (Å²) in [5.41, 5.74) is 4.10. The first-order valence-electron chi connectivity index (χ1n) is 14.6. The second-order valence-electron chi connectivity index (χ2n) is 11.8. The zero-order valence-electron chi connectivity index (χ0n) is 24.3. The van der Waals surface area contributed by atoms with Gasteiger partial charge in [0.2, 0.25) is 0 Å². The number of rotatable bonds is 9. The van der Waals surface area contributed by atoms with Gasteiger partial charge in [0.15, 0.2) is 0 Å². The summed E-state index contributed by atoms with van der Waals surface area (Å²) in [5.74, 6) is 0.139. The average molecular weight is 553 g/mol. The predicted molar refractivity (Wildman–Crippen MR) is 161 cm³/mol. The second kappa shape index (κ2) is 13.3. The van der Waals surface area contributed by atoms with Gasteiger partial charge in [-0.3, -0.25) is 4.98 Å². The molecule has 1 aliphatic rings. The molecule has 1 aliphatic heterocycles. The Morgan fingerprint density at radius 3 is 2.44 bits per heavy atom. The summed E-state index contributed by atoms with van der Waals surface area (Å²) in [4.78, 5) is 22.7. The van der Waals surface area contributed by atoms with Crippen molar-refractivity contribution in [3.05, 3.63) is 114 Å². The molecule has 0 saturated carbocycles. The molecule has 214 valence electrons. The normalized spacial score (nSPS) is 17.8. The van der Waals surface area contributed by atoms with Crippen LogP contribution < -0.4 is 0 Å². The summed E-state index contributed by atoms with van der Waals surface area (Å²) < 4.78 is 11.9. The van der Waals surface area contributed by atoms with Crippen LogP contribution >= 0.6 is 0 Å². The lowest BCUT2D eigenvalue weighted by atomic mass is 9.88. The van der Waals surface area contributed by atoms with Gasteiger partial charge < -0.3 is 14.3 Å². The fourth-order valence-corrected chi connectivity index (χ4v) is 5.35. The minimum absolute atomic E-state index is 0.139. The van der Waals surface area contributed by atoms with Crippen molar-refractivity contribution in [3.8, 4) is 0 Å². The van der Waals surface area contributed by atoms with E-state index in [4.69, 9.17) is 19.3 Å². The number of hydroxylamine groups is 2. The number of nitrogens with zero attached hydrogens (tertiary/aromatic N) is 2. The van der Waals surface area contributed by atoms with Crippen molar-refractivity contribution in [1.29, 1.82) is 0 Å². The van der Waals surface area contributed by atoms with Crippen molar-refractivity contribution in [2.45, 2.75) is 70.7 Å². The number of carbonyl (C=O) groups excluding carboxylic acids is 1. The van der Waals surface area contributed by atoms with Gasteiger partial charge in [0.1, 0.15) is 5.60 Å². The van der Waals surface area contributed by atoms with Crippen LogP contribution in [0.4, 0.5) is 4.79 Å². The molecular formula is C35H40N2O4. The smallest absolute Gasteiger partial charge is 0.427 e. The summed E-state index contributed by atoms with van der Waals surface area (Å²) in [6.07, 6.45) is 4.96. The first-order valence-corrected chi connectivity index (χ1v) is 14.6. The van der Waals surface area contributed by atoms with E-state index in [2.05, 4.69) is 72.8 Å². The second-order valence-corrected chi connectivity index (χ2v) is 11.8. The van der Waals surface area contributed by atoms with Crippen molar-refractivity contribution in [2.24, 2.45) is 0 Å². The topological polar surface area (TPSA) is 60.9 Å². The number of ether oxygens (including phenoxy) is 2. The van der Waals surface area contributed by atoms with Crippen LogP contribution in [0.2, 0.25) is 0 Å². The van der Waals surface area contributed by atoms with Crippen LogP contribution in [-0.2, 0) is 33.8 Å². The van der Waals surface area contributed by atoms with Crippen LogP contribution in [0.25, 0.3) is 10.8 Å². The van der Waals surface area contributed by atoms with Crippen molar-refractivity contribution >= 4 is 16.9 Å². The number of carbonyl (C=O) groups is 1. The molecule has 0 radical (unpaired) electrons. The minimum atomic E-state index is -0.689. The van der Waals surface area contributed by atoms with Gasteiger partial charge in [-0.15, -0.1) is 5.06 Å². The number of aromatic nitrogens is 1. The highest BCUT2D eigenvalue weighted by Gasteiger charge is 2.34. The Morgan fingerprint density at radius 2 is 1.68 bits per heavy atom. The van der Waals surface area contributed by atoms with E-state index in [1.807, 2.05) is 39.1 Å². The van der Waals surface area contributed by atoms with Gasteiger partial charge >= 0.3 is 6.16 Å². The maximum atomic E-state index is 12.4. The molecule has 4 aromatic rings. The van der Waals surface area contributed by atoms with E-state index >= 15 is 0 Å². The summed E-state index contributed by atoms with van der Waals surface area (Å²) in [7, 11) is 0. The minimum Gasteiger partial charge on any atom is -0.427 e. The SMILES string of the molecule is CC(C)(C)OC(=O)ON1CCC(c2ccc(CCCc3ccccc3)nc2)C(OCc2ccc3ccccc3c2)C1. The van der Waals surface area contributed by atoms with E-state index < -0.39 is 11.8 Å². The molecule has 5 rings (SSSR count). The number of benzene rings is 3. The van der Waals surface area contributed by atoms with Crippen LogP contribution in [0.3, 0.4) is 0 Å². The molecule has 41 heavy (non-hydrogen) atoms. The summed E-state index contributed by atoms with van der Waals surface area (Å²) in [5, 5.41) is 4.07. The molecule has 6 nitrogen and oxygen atoms in total. The highest BCUT2D eigenvalue weighted by Crippen LogP contribution is 2.32. The molecular weight excluding hydrogens is 512 g/mol. The Morgan fingerprint density at radius 1 is 0.902 bits per heavy atom. The number of pyridine rings is 1. The largest absolute Gasteiger partial charge is 0.528 e. The molecule has 2 atom stereocenters. The molecule has 3 aromatic carbocycles. The molecule has 1 saturated heterocycles. The van der Waals surface area contributed by atoms with Crippen molar-refractivity contribution < 1.29 is 19.1 Å². The van der Waals surface area contributed by atoms with E-state index in [0.29, 0.717) is 19.7 Å². The van der Waals surface area contributed by atoms with E-state index in [0.717, 1.165) is 42.5 Å². The highest BCUT2D eigenvalue weighted by molar-refractivity contribution is 5.82. The molecule has 0 amide bonds. The van der Waals surface area contributed by atoms with Gasteiger partial charge in [-0.1, -0.05) is 72.8 Å². The van der Waals surface area contributed by atoms with Gasteiger partial charge in [0, 0.05) is 24.4 Å². The monoisotopic (exact) mass is 552 g/mol. The zero-order chi connectivity index (χ0) is 28.7. The lowest BCUT2D eigenvalue weighted by Crippen LogP contribution is -2.45. The third-order valence-electron chi connectivity index (χ3n) is 7.41. The van der Waals surface area contributed by atoms with Gasteiger partial charge in [0.25, 0.3) is 0 Å². The third kappa shape index (κ3) is 8.38. The van der Waals surface area contributed by atoms with E-state index in [-0.39, 0.29) is 12.0 Å². The molecule has 2 heterocycles. The summed E-state index contributed by atoms with van der Waals surface area (Å²) in [6, 6.07) is 29.7. The molecule has 1 aromatic heterocycles. The highest BCUT2D eigenvalue weighted by atomic mass is 16.8. The fraction of sp³-hybridized carbons (Fsp3) is 0.371. The van der Waals surface area contributed by atoms with Crippen LogP contribution in [0.1, 0.15) is 61.9 Å². The molecule has 2 unspecified atom stereocenters. The maximum absolute atomic E-state index is 12.4. The Balaban J connectivity index is 1.25. The van der Waals surface area contributed by atoms with Gasteiger partial charge in [-0.25, -0.2) is 4.79 Å². The molecule has 0 N–H and O–H groups in total. The van der Waals surface area contributed by atoms with Crippen molar-refractivity contribution in [2.75, 3.05) is 13.1 Å². The number of piperidine rings is 1. The molecule has 0 spiro atoms. The fourth-order valence-electron chi connectivity index (χ4n) is 5.35. The van der Waals surface area contributed by atoms with Crippen molar-refractivity contribution in [3.63, 3.8) is 0 Å². The number of hydrogen-bond donors (Lipinski definition) is 0. The number of fused-ring (bicyclic) bond motifs is 1. The Bertz CT molecular complexity index is 1420. The Labute approximate surface area is 243 Å².